The van der Waals surface area contributed by atoms with Crippen molar-refractivity contribution in [3.63, 3.8) is 0 Å². The Balaban J connectivity index is 0.00000144. The molecule has 0 bridgehead atoms. The van der Waals surface area contributed by atoms with Crippen LogP contribution in [0.1, 0.15) is 21.1 Å². The molecule has 0 aliphatic heterocycles. The summed E-state index contributed by atoms with van der Waals surface area (Å²) in [5.74, 6) is 0.833. The van der Waals surface area contributed by atoms with E-state index in [1.807, 2.05) is 64.7 Å². The van der Waals surface area contributed by atoms with Crippen LogP contribution in [0.25, 0.3) is 16.8 Å². The Hall–Kier alpha value is -1.92. The zero-order valence-electron chi connectivity index (χ0n) is 12.1. The number of carbonyl (C=O) groups is 1. The fraction of sp³-hybridized carbons (Fsp3) is 0.125. The number of aromatic nitrogens is 3. The van der Waals surface area contributed by atoms with Gasteiger partial charge in [-0.15, -0.1) is 28.3 Å². The second-order valence-corrected chi connectivity index (χ2v) is 5.98. The Morgan fingerprint density at radius 2 is 1.86 bits per heavy atom. The average Bonchev–Trinajstić information content (AvgIpc) is 3.17. The first-order valence-corrected chi connectivity index (χ1v) is 7.57. The van der Waals surface area contributed by atoms with Crippen LogP contribution in [0.2, 0.25) is 0 Å². The normalized spacial score (nSPS) is 11.0. The van der Waals surface area contributed by atoms with Crippen LogP contribution in [0.15, 0.2) is 41.8 Å². The van der Waals surface area contributed by atoms with E-state index in [0.717, 1.165) is 27.4 Å². The highest BCUT2D eigenvalue weighted by Gasteiger charge is 2.22. The number of fused-ring (bicyclic) bond motifs is 3. The summed E-state index contributed by atoms with van der Waals surface area (Å²) < 4.78 is 3.99. The van der Waals surface area contributed by atoms with E-state index in [9.17, 15) is 4.79 Å². The zero-order valence-corrected chi connectivity index (χ0v) is 14.6. The van der Waals surface area contributed by atoms with Crippen molar-refractivity contribution in [1.29, 1.82) is 0 Å². The minimum atomic E-state index is 0. The molecule has 112 valence electrons. The maximum absolute atomic E-state index is 12.8. The Morgan fingerprint density at radius 1 is 1.14 bits per heavy atom. The van der Waals surface area contributed by atoms with E-state index in [1.54, 1.807) is 0 Å². The maximum atomic E-state index is 12.8. The second-order valence-electron chi connectivity index (χ2n) is 5.04. The van der Waals surface area contributed by atoms with E-state index in [0.29, 0.717) is 5.69 Å². The summed E-state index contributed by atoms with van der Waals surface area (Å²) in [7, 11) is 1.98. The molecule has 0 fully saturated rings. The molecule has 0 aliphatic carbocycles. The molecule has 4 rings (SSSR count). The Labute approximate surface area is 141 Å². The van der Waals surface area contributed by atoms with Gasteiger partial charge in [0.25, 0.3) is 0 Å². The number of para-hydroxylation sites is 2. The summed E-state index contributed by atoms with van der Waals surface area (Å²) in [6, 6.07) is 11.8. The summed E-state index contributed by atoms with van der Waals surface area (Å²) in [6.45, 7) is 1.89. The number of benzene rings is 1. The standard InChI is InChI=1S/C16H13N3OS.BrH/c1-10-14(15(20)13-8-5-9-21-13)19-12-7-4-3-6-11(12)18(2)16(19)17-10;/h3-9H,1-2H3;1H. The molecule has 0 saturated carbocycles. The number of hydrogen-bond acceptors (Lipinski definition) is 3. The molecule has 3 aromatic heterocycles. The number of nitrogens with zero attached hydrogens (tertiary/aromatic N) is 3. The van der Waals surface area contributed by atoms with Crippen molar-refractivity contribution in [2.75, 3.05) is 0 Å². The Bertz CT molecular complexity index is 982. The minimum Gasteiger partial charge on any atom is -0.313 e. The van der Waals surface area contributed by atoms with Gasteiger partial charge in [-0.25, -0.2) is 4.98 Å². The predicted octanol–water partition coefficient (Wildman–Crippen LogP) is 4.00. The maximum Gasteiger partial charge on any atom is 0.221 e. The van der Waals surface area contributed by atoms with Gasteiger partial charge in [-0.1, -0.05) is 18.2 Å². The molecular formula is C16H14BrN3OS. The lowest BCUT2D eigenvalue weighted by Crippen LogP contribution is -2.04. The lowest BCUT2D eigenvalue weighted by molar-refractivity contribution is 0.103. The average molecular weight is 376 g/mol. The van der Waals surface area contributed by atoms with Gasteiger partial charge in [0.1, 0.15) is 5.69 Å². The van der Waals surface area contributed by atoms with Gasteiger partial charge in [-0.2, -0.15) is 0 Å². The minimum absolute atomic E-state index is 0. The lowest BCUT2D eigenvalue weighted by Gasteiger charge is -2.00. The zero-order chi connectivity index (χ0) is 14.6. The summed E-state index contributed by atoms with van der Waals surface area (Å²) in [4.78, 5) is 18.1. The highest BCUT2D eigenvalue weighted by molar-refractivity contribution is 8.93. The van der Waals surface area contributed by atoms with Gasteiger partial charge in [0, 0.05) is 7.05 Å². The van der Waals surface area contributed by atoms with Crippen LogP contribution in [0.5, 0.6) is 0 Å². The Morgan fingerprint density at radius 3 is 2.55 bits per heavy atom. The highest BCUT2D eigenvalue weighted by Crippen LogP contribution is 2.25. The topological polar surface area (TPSA) is 39.3 Å². The van der Waals surface area contributed by atoms with E-state index in [2.05, 4.69) is 4.98 Å². The summed E-state index contributed by atoms with van der Waals surface area (Å²) in [6.07, 6.45) is 0. The molecule has 22 heavy (non-hydrogen) atoms. The highest BCUT2D eigenvalue weighted by atomic mass is 79.9. The number of rotatable bonds is 2. The molecule has 0 aliphatic rings. The molecule has 0 amide bonds. The molecular weight excluding hydrogens is 362 g/mol. The predicted molar refractivity (Wildman–Crippen MR) is 94.5 cm³/mol. The number of imidazole rings is 2. The molecule has 0 unspecified atom stereocenters. The molecule has 0 spiro atoms. The lowest BCUT2D eigenvalue weighted by atomic mass is 10.2. The summed E-state index contributed by atoms with van der Waals surface area (Å²) in [5.41, 5.74) is 3.50. The van der Waals surface area contributed by atoms with E-state index < -0.39 is 0 Å². The molecule has 4 nitrogen and oxygen atoms in total. The molecule has 4 aromatic rings. The first-order chi connectivity index (χ1) is 10.2. The third kappa shape index (κ3) is 1.94. The van der Waals surface area contributed by atoms with Crippen LogP contribution in [0.4, 0.5) is 0 Å². The van der Waals surface area contributed by atoms with Gasteiger partial charge < -0.3 is 4.57 Å². The van der Waals surface area contributed by atoms with Gasteiger partial charge in [0.2, 0.25) is 11.6 Å². The molecule has 3 heterocycles. The number of ketones is 1. The smallest absolute Gasteiger partial charge is 0.221 e. The molecule has 6 heteroatoms. The number of thiophene rings is 1. The Kier molecular flexibility index (Phi) is 3.66. The third-order valence-electron chi connectivity index (χ3n) is 3.78. The molecule has 0 saturated heterocycles. The molecule has 0 atom stereocenters. The third-order valence-corrected chi connectivity index (χ3v) is 4.65. The monoisotopic (exact) mass is 375 g/mol. The van der Waals surface area contributed by atoms with Crippen molar-refractivity contribution >= 4 is 50.9 Å². The fourth-order valence-corrected chi connectivity index (χ4v) is 3.47. The van der Waals surface area contributed by atoms with E-state index in [1.165, 1.54) is 11.3 Å². The number of halogens is 1. The number of aryl methyl sites for hydroxylation is 2. The van der Waals surface area contributed by atoms with E-state index in [4.69, 9.17) is 0 Å². The van der Waals surface area contributed by atoms with Crippen LogP contribution in [0.3, 0.4) is 0 Å². The van der Waals surface area contributed by atoms with Crippen molar-refractivity contribution in [1.82, 2.24) is 14.0 Å². The first-order valence-electron chi connectivity index (χ1n) is 6.69. The van der Waals surface area contributed by atoms with Gasteiger partial charge in [0.05, 0.1) is 21.6 Å². The van der Waals surface area contributed by atoms with Crippen LogP contribution in [-0.4, -0.2) is 19.7 Å². The fourth-order valence-electron chi connectivity index (χ4n) is 2.80. The van der Waals surface area contributed by atoms with Gasteiger partial charge in [-0.3, -0.25) is 9.20 Å². The van der Waals surface area contributed by atoms with Crippen LogP contribution in [0, 0.1) is 6.92 Å². The van der Waals surface area contributed by atoms with Crippen LogP contribution >= 0.6 is 28.3 Å². The number of carbonyl (C=O) groups excluding carboxylic acids is 1. The molecule has 1 aromatic carbocycles. The van der Waals surface area contributed by atoms with Gasteiger partial charge in [-0.05, 0) is 30.5 Å². The van der Waals surface area contributed by atoms with Crippen molar-refractivity contribution in [2.45, 2.75) is 6.92 Å². The van der Waals surface area contributed by atoms with Crippen LogP contribution in [-0.2, 0) is 7.05 Å². The van der Waals surface area contributed by atoms with Crippen molar-refractivity contribution in [3.8, 4) is 0 Å². The van der Waals surface area contributed by atoms with E-state index in [-0.39, 0.29) is 22.8 Å². The van der Waals surface area contributed by atoms with Crippen LogP contribution < -0.4 is 0 Å². The van der Waals surface area contributed by atoms with E-state index >= 15 is 0 Å². The largest absolute Gasteiger partial charge is 0.313 e. The van der Waals surface area contributed by atoms with Gasteiger partial charge in [0.15, 0.2) is 0 Å². The molecule has 0 radical (unpaired) electrons. The second kappa shape index (κ2) is 5.37. The molecule has 0 N–H and O–H groups in total. The SMILES string of the molecule is Br.Cc1nc2n(C)c3ccccc3n2c1C(=O)c1cccs1. The summed E-state index contributed by atoms with van der Waals surface area (Å²) in [5, 5.41) is 1.92. The van der Waals surface area contributed by atoms with Crippen molar-refractivity contribution in [2.24, 2.45) is 7.05 Å². The quantitative estimate of drug-likeness (QED) is 0.496. The number of hydrogen-bond donors (Lipinski definition) is 0. The van der Waals surface area contributed by atoms with Gasteiger partial charge >= 0.3 is 0 Å². The first kappa shape index (κ1) is 15.0. The summed E-state index contributed by atoms with van der Waals surface area (Å²) >= 11 is 1.46. The van der Waals surface area contributed by atoms with Crippen molar-refractivity contribution < 1.29 is 4.79 Å². The van der Waals surface area contributed by atoms with Crippen molar-refractivity contribution in [3.05, 3.63) is 58.0 Å².